The van der Waals surface area contributed by atoms with Crippen molar-refractivity contribution in [3.8, 4) is 0 Å². The molecule has 1 unspecified atom stereocenters. The molecule has 0 aliphatic carbocycles. The van der Waals surface area contributed by atoms with Gasteiger partial charge in [0.1, 0.15) is 0 Å². The summed E-state index contributed by atoms with van der Waals surface area (Å²) in [5.74, 6) is 5.13. The Balaban J connectivity index is 2.86. The summed E-state index contributed by atoms with van der Waals surface area (Å²) in [5.41, 5.74) is 8.33. The van der Waals surface area contributed by atoms with E-state index in [1.54, 1.807) is 12.1 Å². The number of amides is 1. The number of rotatable bonds is 4. The van der Waals surface area contributed by atoms with Crippen LogP contribution in [0.2, 0.25) is 5.02 Å². The van der Waals surface area contributed by atoms with Crippen LogP contribution in [0.25, 0.3) is 0 Å². The lowest BCUT2D eigenvalue weighted by Crippen LogP contribution is -2.39. The fourth-order valence-corrected chi connectivity index (χ4v) is 2.62. The molecule has 6 heteroatoms. The maximum atomic E-state index is 11.6. The number of halogens is 1. The van der Waals surface area contributed by atoms with E-state index in [1.807, 2.05) is 19.9 Å². The minimum atomic E-state index is -0.250. The molecule has 1 amide bonds. The molecule has 0 aliphatic heterocycles. The Morgan fingerprint density at radius 2 is 2.12 bits per heavy atom. The molecule has 0 bridgehead atoms. The van der Waals surface area contributed by atoms with Gasteiger partial charge in [0.2, 0.25) is 5.91 Å². The third kappa shape index (κ3) is 3.80. The quantitative estimate of drug-likeness (QED) is 0.258. The number of nitrogens with two attached hydrogens (primary N) is 2. The maximum absolute atomic E-state index is 11.6. The van der Waals surface area contributed by atoms with Crippen molar-refractivity contribution < 1.29 is 4.79 Å². The zero-order valence-electron chi connectivity index (χ0n) is 9.74. The molecule has 0 radical (unpaired) electrons. The zero-order chi connectivity index (χ0) is 13.0. The van der Waals surface area contributed by atoms with Gasteiger partial charge in [-0.15, -0.1) is 11.8 Å². The first-order chi connectivity index (χ1) is 7.95. The molecule has 0 heterocycles. The molecular weight excluding hydrogens is 258 g/mol. The Morgan fingerprint density at radius 1 is 1.47 bits per heavy atom. The normalized spacial score (nSPS) is 12.5. The van der Waals surface area contributed by atoms with Crippen LogP contribution >= 0.6 is 23.4 Å². The Kier molecular flexibility index (Phi) is 5.11. The fraction of sp³-hybridized carbons (Fsp3) is 0.364. The van der Waals surface area contributed by atoms with E-state index < -0.39 is 0 Å². The molecule has 1 aromatic carbocycles. The SMILES string of the molecule is CC(C)C(Sc1ccc(N)c(Cl)c1)C(=O)NN. The number of nitrogens with one attached hydrogen (secondary N) is 1. The van der Waals surface area contributed by atoms with Gasteiger partial charge in [-0.2, -0.15) is 0 Å². The van der Waals surface area contributed by atoms with Crippen molar-refractivity contribution >= 4 is 35.0 Å². The molecule has 5 N–H and O–H groups in total. The van der Waals surface area contributed by atoms with E-state index in [-0.39, 0.29) is 17.1 Å². The standard InChI is InChI=1S/C11H16ClN3OS/c1-6(2)10(11(16)15-14)17-7-3-4-9(13)8(12)5-7/h3-6,10H,13-14H2,1-2H3,(H,15,16). The van der Waals surface area contributed by atoms with E-state index >= 15 is 0 Å². The zero-order valence-corrected chi connectivity index (χ0v) is 11.3. The number of hydrogen-bond donors (Lipinski definition) is 3. The van der Waals surface area contributed by atoms with Gasteiger partial charge in [-0.25, -0.2) is 5.84 Å². The first-order valence-electron chi connectivity index (χ1n) is 5.18. The minimum Gasteiger partial charge on any atom is -0.398 e. The smallest absolute Gasteiger partial charge is 0.247 e. The van der Waals surface area contributed by atoms with E-state index in [0.29, 0.717) is 10.7 Å². The minimum absolute atomic E-state index is 0.167. The number of carbonyl (C=O) groups is 1. The number of hydrogen-bond acceptors (Lipinski definition) is 4. The Labute approximate surface area is 110 Å². The van der Waals surface area contributed by atoms with Crippen molar-refractivity contribution in [3.63, 3.8) is 0 Å². The first kappa shape index (κ1) is 14.2. The van der Waals surface area contributed by atoms with Gasteiger partial charge < -0.3 is 5.73 Å². The van der Waals surface area contributed by atoms with Gasteiger partial charge in [0.25, 0.3) is 0 Å². The van der Waals surface area contributed by atoms with E-state index in [4.69, 9.17) is 23.2 Å². The maximum Gasteiger partial charge on any atom is 0.247 e. The van der Waals surface area contributed by atoms with Crippen molar-refractivity contribution in [3.05, 3.63) is 23.2 Å². The number of nitrogen functional groups attached to an aromatic ring is 1. The largest absolute Gasteiger partial charge is 0.398 e. The number of thioether (sulfide) groups is 1. The second kappa shape index (κ2) is 6.14. The summed E-state index contributed by atoms with van der Waals surface area (Å²) in [7, 11) is 0. The highest BCUT2D eigenvalue weighted by Crippen LogP contribution is 2.31. The summed E-state index contributed by atoms with van der Waals surface area (Å²) >= 11 is 7.35. The van der Waals surface area contributed by atoms with E-state index in [1.165, 1.54) is 11.8 Å². The third-order valence-corrected chi connectivity index (χ3v) is 4.11. The molecule has 1 atom stereocenters. The second-order valence-electron chi connectivity index (χ2n) is 3.97. The van der Waals surface area contributed by atoms with Crippen LogP contribution < -0.4 is 17.0 Å². The monoisotopic (exact) mass is 273 g/mol. The van der Waals surface area contributed by atoms with Gasteiger partial charge >= 0.3 is 0 Å². The Bertz CT molecular complexity index is 412. The number of carbonyl (C=O) groups excluding carboxylic acids is 1. The Hall–Kier alpha value is -0.910. The van der Waals surface area contributed by atoms with Gasteiger partial charge in [0.15, 0.2) is 0 Å². The summed E-state index contributed by atoms with van der Waals surface area (Å²) in [5, 5.41) is 0.241. The van der Waals surface area contributed by atoms with Crippen LogP contribution in [0.4, 0.5) is 5.69 Å². The fourth-order valence-electron chi connectivity index (χ4n) is 1.30. The molecule has 0 fully saturated rings. The van der Waals surface area contributed by atoms with Crippen molar-refractivity contribution in [1.29, 1.82) is 0 Å². The summed E-state index contributed by atoms with van der Waals surface area (Å²) in [6.07, 6.45) is 0. The number of benzene rings is 1. The van der Waals surface area contributed by atoms with Crippen molar-refractivity contribution in [2.45, 2.75) is 24.0 Å². The summed E-state index contributed by atoms with van der Waals surface area (Å²) in [6, 6.07) is 5.31. The summed E-state index contributed by atoms with van der Waals surface area (Å²) < 4.78 is 0. The molecule has 0 saturated heterocycles. The first-order valence-corrected chi connectivity index (χ1v) is 6.43. The molecular formula is C11H16ClN3OS. The van der Waals surface area contributed by atoms with Crippen LogP contribution in [0.5, 0.6) is 0 Å². The highest BCUT2D eigenvalue weighted by atomic mass is 35.5. The predicted octanol–water partition coefficient (Wildman–Crippen LogP) is 2.03. The highest BCUT2D eigenvalue weighted by molar-refractivity contribution is 8.00. The summed E-state index contributed by atoms with van der Waals surface area (Å²) in [6.45, 7) is 3.93. The average Bonchev–Trinajstić information content (AvgIpc) is 2.29. The van der Waals surface area contributed by atoms with Crippen LogP contribution in [0.1, 0.15) is 13.8 Å². The van der Waals surface area contributed by atoms with Gasteiger partial charge in [-0.3, -0.25) is 10.2 Å². The van der Waals surface area contributed by atoms with Gasteiger partial charge in [-0.1, -0.05) is 25.4 Å². The molecule has 0 spiro atoms. The lowest BCUT2D eigenvalue weighted by Gasteiger charge is -2.18. The molecule has 4 nitrogen and oxygen atoms in total. The van der Waals surface area contributed by atoms with Crippen molar-refractivity contribution in [2.75, 3.05) is 5.73 Å². The lowest BCUT2D eigenvalue weighted by atomic mass is 10.1. The lowest BCUT2D eigenvalue weighted by molar-refractivity contribution is -0.121. The van der Waals surface area contributed by atoms with Crippen molar-refractivity contribution in [1.82, 2.24) is 5.43 Å². The molecule has 0 saturated carbocycles. The molecule has 0 aromatic heterocycles. The van der Waals surface area contributed by atoms with Gasteiger partial charge in [-0.05, 0) is 24.1 Å². The van der Waals surface area contributed by atoms with Crippen molar-refractivity contribution in [2.24, 2.45) is 11.8 Å². The van der Waals surface area contributed by atoms with Gasteiger partial charge in [0, 0.05) is 4.90 Å². The van der Waals surface area contributed by atoms with Crippen LogP contribution in [-0.4, -0.2) is 11.2 Å². The average molecular weight is 274 g/mol. The molecule has 94 valence electrons. The van der Waals surface area contributed by atoms with E-state index in [2.05, 4.69) is 5.43 Å². The predicted molar refractivity (Wildman–Crippen MR) is 72.7 cm³/mol. The van der Waals surface area contributed by atoms with Crippen LogP contribution in [0.3, 0.4) is 0 Å². The number of anilines is 1. The number of hydrazine groups is 1. The molecule has 0 aliphatic rings. The third-order valence-electron chi connectivity index (χ3n) is 2.24. The second-order valence-corrected chi connectivity index (χ2v) is 5.60. The molecule has 1 aromatic rings. The van der Waals surface area contributed by atoms with Crippen LogP contribution in [0, 0.1) is 5.92 Å². The van der Waals surface area contributed by atoms with E-state index in [0.717, 1.165) is 4.90 Å². The van der Waals surface area contributed by atoms with Crippen LogP contribution in [0.15, 0.2) is 23.1 Å². The van der Waals surface area contributed by atoms with E-state index in [9.17, 15) is 4.79 Å². The summed E-state index contributed by atoms with van der Waals surface area (Å²) in [4.78, 5) is 12.5. The highest BCUT2D eigenvalue weighted by Gasteiger charge is 2.22. The topological polar surface area (TPSA) is 81.1 Å². The van der Waals surface area contributed by atoms with Crippen LogP contribution in [-0.2, 0) is 4.79 Å². The molecule has 17 heavy (non-hydrogen) atoms. The Morgan fingerprint density at radius 3 is 2.59 bits per heavy atom. The van der Waals surface area contributed by atoms with Gasteiger partial charge in [0.05, 0.1) is 16.0 Å². The molecule has 1 rings (SSSR count).